The summed E-state index contributed by atoms with van der Waals surface area (Å²) in [5.74, 6) is -0.511. The minimum atomic E-state index is -1.14. The molecule has 1 aromatic heterocycles. The number of imide groups is 1. The maximum atomic E-state index is 14.9. The van der Waals surface area contributed by atoms with Crippen LogP contribution in [0.1, 0.15) is 34.3 Å². The molecule has 3 aliphatic rings. The summed E-state index contributed by atoms with van der Waals surface area (Å²) in [5.41, 5.74) is 3.26. The molecule has 1 N–H and O–H groups in total. The van der Waals surface area contributed by atoms with Gasteiger partial charge in [0.2, 0.25) is 11.8 Å². The number of halogens is 1. The lowest BCUT2D eigenvalue weighted by Crippen LogP contribution is -2.52. The lowest BCUT2D eigenvalue weighted by Gasteiger charge is -2.29. The van der Waals surface area contributed by atoms with Crippen molar-refractivity contribution in [1.29, 1.82) is 0 Å². The van der Waals surface area contributed by atoms with Gasteiger partial charge >= 0.3 is 0 Å². The molecule has 0 saturated carbocycles. The van der Waals surface area contributed by atoms with Crippen molar-refractivity contribution in [3.05, 3.63) is 71.4 Å². The Kier molecular flexibility index (Phi) is 5.64. The van der Waals surface area contributed by atoms with Crippen molar-refractivity contribution in [2.45, 2.75) is 44.2 Å². The molecule has 1 unspecified atom stereocenters. The second kappa shape index (κ2) is 8.98. The summed E-state index contributed by atoms with van der Waals surface area (Å²) in [6.07, 6.45) is 0.523. The number of fused-ring (bicyclic) bond motifs is 2. The minimum absolute atomic E-state index is 0.205. The van der Waals surface area contributed by atoms with E-state index < -0.39 is 24.2 Å². The van der Waals surface area contributed by atoms with Crippen molar-refractivity contribution in [1.82, 2.24) is 20.1 Å². The van der Waals surface area contributed by atoms with Crippen LogP contribution >= 0.6 is 0 Å². The topological polar surface area (TPSA) is 91.8 Å². The number of rotatable bonds is 5. The van der Waals surface area contributed by atoms with E-state index in [-0.39, 0.29) is 31.3 Å². The summed E-state index contributed by atoms with van der Waals surface area (Å²) >= 11 is 0. The van der Waals surface area contributed by atoms with E-state index in [9.17, 15) is 18.8 Å². The molecule has 184 valence electrons. The van der Waals surface area contributed by atoms with Crippen molar-refractivity contribution in [2.75, 3.05) is 13.1 Å². The predicted octanol–water partition coefficient (Wildman–Crippen LogP) is 2.60. The first-order valence-electron chi connectivity index (χ1n) is 12.1. The van der Waals surface area contributed by atoms with E-state index in [0.717, 1.165) is 22.0 Å². The Morgan fingerprint density at radius 2 is 1.97 bits per heavy atom. The van der Waals surface area contributed by atoms with Gasteiger partial charge in [-0.1, -0.05) is 12.1 Å². The van der Waals surface area contributed by atoms with Gasteiger partial charge < -0.3 is 9.64 Å². The van der Waals surface area contributed by atoms with Crippen molar-refractivity contribution in [3.63, 3.8) is 0 Å². The second-order valence-corrected chi connectivity index (χ2v) is 9.62. The fourth-order valence-electron chi connectivity index (χ4n) is 5.33. The number of ether oxygens (including phenoxy) is 1. The quantitative estimate of drug-likeness (QED) is 0.555. The Morgan fingerprint density at radius 3 is 2.83 bits per heavy atom. The third-order valence-corrected chi connectivity index (χ3v) is 7.13. The van der Waals surface area contributed by atoms with Crippen LogP contribution in [0.15, 0.2) is 54.7 Å². The predicted molar refractivity (Wildman–Crippen MR) is 129 cm³/mol. The fourth-order valence-corrected chi connectivity index (χ4v) is 5.33. The average molecular weight is 489 g/mol. The number of benzene rings is 2. The number of alkyl halides is 1. The van der Waals surface area contributed by atoms with E-state index in [2.05, 4.69) is 16.4 Å². The van der Waals surface area contributed by atoms with Gasteiger partial charge in [0.1, 0.15) is 17.9 Å². The molecule has 36 heavy (non-hydrogen) atoms. The number of carbonyl (C=O) groups is 3. The van der Waals surface area contributed by atoms with Crippen LogP contribution in [-0.2, 0) is 22.7 Å². The minimum Gasteiger partial charge on any atom is -0.486 e. The van der Waals surface area contributed by atoms with E-state index in [4.69, 9.17) is 4.74 Å². The highest BCUT2D eigenvalue weighted by Crippen LogP contribution is 2.31. The second-order valence-electron chi connectivity index (χ2n) is 9.62. The molecular weight excluding hydrogens is 463 g/mol. The van der Waals surface area contributed by atoms with Crippen molar-refractivity contribution in [3.8, 4) is 5.75 Å². The van der Waals surface area contributed by atoms with Crippen LogP contribution in [0.2, 0.25) is 0 Å². The zero-order valence-electron chi connectivity index (χ0n) is 19.5. The maximum Gasteiger partial charge on any atom is 0.255 e. The number of hydrogen-bond donors (Lipinski definition) is 1. The zero-order chi connectivity index (χ0) is 24.8. The Labute approximate surface area is 207 Å². The van der Waals surface area contributed by atoms with Gasteiger partial charge in [0.05, 0.1) is 5.52 Å². The van der Waals surface area contributed by atoms with Gasteiger partial charge in [-0.05, 0) is 53.9 Å². The van der Waals surface area contributed by atoms with Crippen LogP contribution in [0.5, 0.6) is 5.75 Å². The van der Waals surface area contributed by atoms with Crippen LogP contribution in [0, 0.1) is 0 Å². The third kappa shape index (κ3) is 4.19. The van der Waals surface area contributed by atoms with Crippen LogP contribution in [0.4, 0.5) is 4.39 Å². The highest BCUT2D eigenvalue weighted by molar-refractivity contribution is 6.05. The lowest BCUT2D eigenvalue weighted by molar-refractivity contribution is -0.136. The largest absolute Gasteiger partial charge is 0.486 e. The maximum absolute atomic E-state index is 14.9. The van der Waals surface area contributed by atoms with Crippen LogP contribution in [0.25, 0.3) is 10.9 Å². The number of amides is 3. The number of piperidine rings is 1. The number of pyridine rings is 1. The smallest absolute Gasteiger partial charge is 0.255 e. The highest BCUT2D eigenvalue weighted by Gasteiger charge is 2.40. The Morgan fingerprint density at radius 1 is 1.08 bits per heavy atom. The molecule has 0 aliphatic carbocycles. The van der Waals surface area contributed by atoms with Gasteiger partial charge in [-0.3, -0.25) is 29.6 Å². The summed E-state index contributed by atoms with van der Waals surface area (Å²) < 4.78 is 20.9. The summed E-state index contributed by atoms with van der Waals surface area (Å²) in [6, 6.07) is 14.4. The number of nitrogens with one attached hydrogen (secondary N) is 1. The lowest BCUT2D eigenvalue weighted by atomic mass is 10.0. The molecule has 3 atom stereocenters. The third-order valence-electron chi connectivity index (χ3n) is 7.13. The number of nitrogens with zero attached hydrogens (tertiary/aromatic N) is 3. The van der Waals surface area contributed by atoms with Crippen LogP contribution < -0.4 is 10.1 Å². The molecule has 0 radical (unpaired) electrons. The van der Waals surface area contributed by atoms with E-state index in [1.807, 2.05) is 29.2 Å². The Bertz CT molecular complexity index is 1380. The first-order valence-corrected chi connectivity index (χ1v) is 12.1. The molecule has 0 bridgehead atoms. The molecule has 3 aliphatic heterocycles. The molecule has 3 amide bonds. The van der Waals surface area contributed by atoms with Gasteiger partial charge in [0.25, 0.3) is 5.91 Å². The molecule has 2 aromatic carbocycles. The van der Waals surface area contributed by atoms with Crippen molar-refractivity contribution >= 4 is 28.6 Å². The summed E-state index contributed by atoms with van der Waals surface area (Å²) in [5, 5.41) is 3.36. The summed E-state index contributed by atoms with van der Waals surface area (Å²) in [6.45, 7) is 1.60. The number of likely N-dealkylation sites (tertiary alicyclic amines) is 1. The van der Waals surface area contributed by atoms with E-state index in [1.54, 1.807) is 24.4 Å². The zero-order valence-corrected chi connectivity index (χ0v) is 19.5. The SMILES string of the molecule is O=C1CCC(N2Cc3cc(O[C@@H]4CN(Cc5ccc6ncccc6c5)C[C@@H]4F)ccc3C2=O)C(=O)N1. The molecule has 2 saturated heterocycles. The molecule has 6 rings (SSSR count). The Balaban J connectivity index is 1.11. The highest BCUT2D eigenvalue weighted by atomic mass is 19.1. The summed E-state index contributed by atoms with van der Waals surface area (Å²) in [4.78, 5) is 44.5. The number of carbonyl (C=O) groups excluding carboxylic acids is 3. The van der Waals surface area contributed by atoms with Crippen LogP contribution in [0.3, 0.4) is 0 Å². The van der Waals surface area contributed by atoms with E-state index >= 15 is 0 Å². The van der Waals surface area contributed by atoms with Gasteiger partial charge in [-0.2, -0.15) is 0 Å². The van der Waals surface area contributed by atoms with Gasteiger partial charge in [-0.25, -0.2) is 4.39 Å². The van der Waals surface area contributed by atoms with E-state index in [0.29, 0.717) is 30.8 Å². The molecule has 9 heteroatoms. The Hall–Kier alpha value is -3.85. The van der Waals surface area contributed by atoms with Crippen LogP contribution in [-0.4, -0.2) is 63.9 Å². The standard InChI is InChI=1S/C27H25FN4O4/c28-21-14-31(12-16-3-6-22-17(10-16)2-1-9-29-22)15-24(21)36-19-4-5-20-18(11-19)13-32(27(20)35)23-7-8-25(33)30-26(23)34/h1-6,9-11,21,23-24H,7-8,12-15H2,(H,30,33,34)/t21-,23?,24+/m0/s1. The monoisotopic (exact) mass is 488 g/mol. The molecule has 2 fully saturated rings. The number of hydrogen-bond acceptors (Lipinski definition) is 6. The average Bonchev–Trinajstić information content (AvgIpc) is 3.37. The molecular formula is C27H25FN4O4. The summed E-state index contributed by atoms with van der Waals surface area (Å²) in [7, 11) is 0. The number of aromatic nitrogens is 1. The van der Waals surface area contributed by atoms with Gasteiger partial charge in [0.15, 0.2) is 6.17 Å². The first-order chi connectivity index (χ1) is 17.4. The fraction of sp³-hybridized carbons (Fsp3) is 0.333. The van der Waals surface area contributed by atoms with Crippen molar-refractivity contribution < 1.29 is 23.5 Å². The first kappa shape index (κ1) is 22.6. The molecule has 4 heterocycles. The van der Waals surface area contributed by atoms with Gasteiger partial charge in [-0.15, -0.1) is 0 Å². The molecule has 3 aromatic rings. The molecule has 0 spiro atoms. The van der Waals surface area contributed by atoms with Gasteiger partial charge in [0, 0.05) is 49.7 Å². The molecule has 8 nitrogen and oxygen atoms in total. The van der Waals surface area contributed by atoms with E-state index in [1.165, 1.54) is 4.90 Å². The van der Waals surface area contributed by atoms with Crippen molar-refractivity contribution in [2.24, 2.45) is 0 Å². The normalized spacial score (nSPS) is 24.3.